The summed E-state index contributed by atoms with van der Waals surface area (Å²) < 4.78 is 7.01. The van der Waals surface area contributed by atoms with Crippen LogP contribution in [0.4, 0.5) is 11.4 Å². The van der Waals surface area contributed by atoms with Crippen LogP contribution in [0.5, 0.6) is 0 Å². The van der Waals surface area contributed by atoms with Crippen LogP contribution < -0.4 is 0 Å². The summed E-state index contributed by atoms with van der Waals surface area (Å²) in [7, 11) is 0. The number of amidine groups is 1. The molecule has 0 atom stereocenters. The van der Waals surface area contributed by atoms with Gasteiger partial charge in [-0.25, -0.2) is 4.99 Å². The number of non-ortho nitro benzene ring substituents is 1. The molecule has 10 heteroatoms. The van der Waals surface area contributed by atoms with Crippen molar-refractivity contribution in [2.45, 2.75) is 6.42 Å². The van der Waals surface area contributed by atoms with E-state index in [4.69, 9.17) is 4.42 Å². The van der Waals surface area contributed by atoms with E-state index in [1.54, 1.807) is 23.1 Å². The number of para-hydroxylation sites is 1. The molecule has 0 bridgehead atoms. The summed E-state index contributed by atoms with van der Waals surface area (Å²) in [5, 5.41) is 12.7. The maximum Gasteiger partial charge on any atom is 0.269 e. The number of aromatic nitrogens is 1. The fourth-order valence-electron chi connectivity index (χ4n) is 4.45. The van der Waals surface area contributed by atoms with Gasteiger partial charge in [0.15, 0.2) is 5.17 Å². The quantitative estimate of drug-likeness (QED) is 0.114. The molecule has 0 radical (unpaired) electrons. The molecule has 1 saturated heterocycles. The Morgan fingerprint density at radius 1 is 1.02 bits per heavy atom. The van der Waals surface area contributed by atoms with Crippen LogP contribution in [0.3, 0.4) is 0 Å². The molecule has 40 heavy (non-hydrogen) atoms. The van der Waals surface area contributed by atoms with Crippen molar-refractivity contribution in [2.75, 3.05) is 6.54 Å². The summed E-state index contributed by atoms with van der Waals surface area (Å²) in [4.78, 5) is 34.3. The van der Waals surface area contributed by atoms with Crippen molar-refractivity contribution >= 4 is 67.1 Å². The number of furan rings is 1. The number of hydrogen-bond donors (Lipinski definition) is 1. The summed E-state index contributed by atoms with van der Waals surface area (Å²) in [6.07, 6.45) is 4.32. The van der Waals surface area contributed by atoms with Crippen molar-refractivity contribution in [2.24, 2.45) is 4.99 Å². The Bertz CT molecular complexity index is 1790. The second kappa shape index (κ2) is 11.0. The lowest BCUT2D eigenvalue weighted by atomic mass is 10.1. The van der Waals surface area contributed by atoms with Crippen molar-refractivity contribution in [3.05, 3.63) is 122 Å². The van der Waals surface area contributed by atoms with Crippen LogP contribution in [0.1, 0.15) is 11.3 Å². The number of aliphatic imine (C=N–C) groups is 1. The number of H-pyrrole nitrogens is 1. The van der Waals surface area contributed by atoms with Crippen molar-refractivity contribution in [1.82, 2.24) is 9.88 Å². The number of benzene rings is 3. The minimum absolute atomic E-state index is 0.0183. The molecule has 2 aromatic heterocycles. The van der Waals surface area contributed by atoms with Gasteiger partial charge in [-0.15, -0.1) is 0 Å². The Morgan fingerprint density at radius 2 is 1.80 bits per heavy atom. The number of fused-ring (bicyclic) bond motifs is 1. The molecule has 0 saturated carbocycles. The van der Waals surface area contributed by atoms with Gasteiger partial charge in [0.25, 0.3) is 11.6 Å². The van der Waals surface area contributed by atoms with Crippen LogP contribution in [-0.2, 0) is 11.2 Å². The van der Waals surface area contributed by atoms with E-state index >= 15 is 0 Å². The van der Waals surface area contributed by atoms with E-state index < -0.39 is 4.92 Å². The fourth-order valence-corrected chi connectivity index (χ4v) is 5.72. The van der Waals surface area contributed by atoms with Crippen LogP contribution in [0.25, 0.3) is 28.3 Å². The van der Waals surface area contributed by atoms with Gasteiger partial charge < -0.3 is 9.40 Å². The molecule has 1 N–H and O–H groups in total. The largest absolute Gasteiger partial charge is 0.457 e. The lowest BCUT2D eigenvalue weighted by Crippen LogP contribution is -2.31. The Labute approximate surface area is 241 Å². The first-order valence-corrected chi connectivity index (χ1v) is 14.0. The van der Waals surface area contributed by atoms with E-state index in [-0.39, 0.29) is 11.6 Å². The predicted octanol–water partition coefficient (Wildman–Crippen LogP) is 7.95. The van der Waals surface area contributed by atoms with Gasteiger partial charge >= 0.3 is 0 Å². The van der Waals surface area contributed by atoms with Gasteiger partial charge in [-0.2, -0.15) is 0 Å². The predicted molar refractivity (Wildman–Crippen MR) is 161 cm³/mol. The van der Waals surface area contributed by atoms with Gasteiger partial charge in [0.2, 0.25) is 0 Å². The zero-order valence-electron chi connectivity index (χ0n) is 20.9. The topological polar surface area (TPSA) is 105 Å². The summed E-state index contributed by atoms with van der Waals surface area (Å²) in [6, 6.07) is 25.5. The van der Waals surface area contributed by atoms with Crippen LogP contribution in [0.2, 0.25) is 0 Å². The van der Waals surface area contributed by atoms with E-state index in [1.807, 2.05) is 60.8 Å². The van der Waals surface area contributed by atoms with E-state index in [1.165, 1.54) is 23.9 Å². The molecule has 6 rings (SSSR count). The number of hydrogen-bond acceptors (Lipinski definition) is 6. The van der Waals surface area contributed by atoms with Crippen LogP contribution in [-0.4, -0.2) is 32.4 Å². The molecule has 3 heterocycles. The molecule has 3 aromatic carbocycles. The first-order valence-electron chi connectivity index (χ1n) is 12.4. The van der Waals surface area contributed by atoms with Crippen molar-refractivity contribution < 1.29 is 14.1 Å². The van der Waals surface area contributed by atoms with Crippen molar-refractivity contribution in [3.8, 4) is 11.3 Å². The molecule has 1 fully saturated rings. The SMILES string of the molecule is O=C1/C(=C\c2ccc(-c3ccc(Br)cc3)o2)SC(=Nc2ccc([N+](=O)[O-])cc2)N1CCc1c[nH]c2ccccc12. The Morgan fingerprint density at radius 3 is 2.58 bits per heavy atom. The third kappa shape index (κ3) is 5.36. The summed E-state index contributed by atoms with van der Waals surface area (Å²) >= 11 is 4.70. The highest BCUT2D eigenvalue weighted by Gasteiger charge is 2.33. The standard InChI is InChI=1S/C30H21BrN4O4S/c31-21-7-5-19(6-8-21)27-14-13-24(39-27)17-28-29(36)34(16-15-20-18-32-26-4-2-1-3-25(20)26)30(40-28)33-22-9-11-23(12-10-22)35(37)38/h1-14,17-18,32H,15-16H2/b28-17+,33-30?. The molecule has 0 aliphatic carbocycles. The van der Waals surface area contributed by atoms with Crippen molar-refractivity contribution in [3.63, 3.8) is 0 Å². The van der Waals surface area contributed by atoms with Crippen LogP contribution in [0.15, 0.2) is 110 Å². The van der Waals surface area contributed by atoms with Gasteiger partial charge in [0.05, 0.1) is 15.5 Å². The molecule has 8 nitrogen and oxygen atoms in total. The number of rotatable bonds is 7. The highest BCUT2D eigenvalue weighted by atomic mass is 79.9. The van der Waals surface area contributed by atoms with E-state index in [0.717, 1.165) is 26.5 Å². The van der Waals surface area contributed by atoms with Gasteiger partial charge in [-0.1, -0.05) is 46.3 Å². The molecular formula is C30H21BrN4O4S. The molecular weight excluding hydrogens is 592 g/mol. The second-order valence-electron chi connectivity index (χ2n) is 9.05. The molecule has 5 aromatic rings. The molecule has 0 spiro atoms. The molecule has 198 valence electrons. The second-order valence-corrected chi connectivity index (χ2v) is 11.0. The third-order valence-corrected chi connectivity index (χ3v) is 8.02. The highest BCUT2D eigenvalue weighted by Crippen LogP contribution is 2.36. The number of nitrogens with one attached hydrogen (secondary N) is 1. The van der Waals surface area contributed by atoms with Gasteiger partial charge in [0, 0.05) is 51.9 Å². The number of nitro groups is 1. The van der Waals surface area contributed by atoms with E-state index in [9.17, 15) is 14.9 Å². The van der Waals surface area contributed by atoms with Crippen molar-refractivity contribution in [1.29, 1.82) is 0 Å². The maximum absolute atomic E-state index is 13.6. The number of carbonyl (C=O) groups is 1. The van der Waals surface area contributed by atoms with Crippen LogP contribution >= 0.6 is 27.7 Å². The third-order valence-electron chi connectivity index (χ3n) is 6.48. The fraction of sp³-hybridized carbons (Fsp3) is 0.0667. The number of halogens is 1. The number of aromatic amines is 1. The minimum atomic E-state index is -0.453. The first-order chi connectivity index (χ1) is 19.4. The van der Waals surface area contributed by atoms with Gasteiger partial charge in [-0.3, -0.25) is 19.8 Å². The number of thioether (sulfide) groups is 1. The lowest BCUT2D eigenvalue weighted by Gasteiger charge is -2.15. The minimum Gasteiger partial charge on any atom is -0.457 e. The van der Waals surface area contributed by atoms with E-state index in [2.05, 4.69) is 32.0 Å². The molecule has 1 amide bonds. The zero-order valence-corrected chi connectivity index (χ0v) is 23.3. The lowest BCUT2D eigenvalue weighted by molar-refractivity contribution is -0.384. The average Bonchev–Trinajstić information content (AvgIpc) is 3.67. The summed E-state index contributed by atoms with van der Waals surface area (Å²) in [5.74, 6) is 1.08. The zero-order chi connectivity index (χ0) is 27.6. The first kappa shape index (κ1) is 25.8. The summed E-state index contributed by atoms with van der Waals surface area (Å²) in [5.41, 5.74) is 3.58. The van der Waals surface area contributed by atoms with E-state index in [0.29, 0.717) is 40.2 Å². The maximum atomic E-state index is 13.6. The number of carbonyl (C=O) groups excluding carboxylic acids is 1. The smallest absolute Gasteiger partial charge is 0.269 e. The van der Waals surface area contributed by atoms with Gasteiger partial charge in [-0.05, 0) is 66.2 Å². The van der Waals surface area contributed by atoms with Gasteiger partial charge in [0.1, 0.15) is 11.5 Å². The monoisotopic (exact) mass is 612 g/mol. The Balaban J connectivity index is 1.29. The molecule has 0 unspecified atom stereocenters. The average molecular weight is 613 g/mol. The number of amides is 1. The Hall–Kier alpha value is -4.41. The Kier molecular flexibility index (Phi) is 7.10. The highest BCUT2D eigenvalue weighted by molar-refractivity contribution is 9.10. The normalized spacial score (nSPS) is 15.5. The molecule has 1 aliphatic heterocycles. The number of nitro benzene ring substituents is 1. The summed E-state index contributed by atoms with van der Waals surface area (Å²) in [6.45, 7) is 0.416. The molecule has 1 aliphatic rings. The van der Waals surface area contributed by atoms with Crippen LogP contribution in [0, 0.1) is 10.1 Å². The number of nitrogens with zero attached hydrogens (tertiary/aromatic N) is 3.